The molecule has 8 N–H and O–H groups in total. The number of aliphatic hydroxyl groups is 3. The highest BCUT2D eigenvalue weighted by molar-refractivity contribution is 5.75. The van der Waals surface area contributed by atoms with Crippen LogP contribution in [0.15, 0.2) is 28.4 Å². The van der Waals surface area contributed by atoms with E-state index in [1.807, 2.05) is 4.98 Å². The molecule has 4 rings (SSSR count). The number of H-pyrrole nitrogens is 2. The number of nitrogens with one attached hydrogen (secondary N) is 3. The average molecular weight is 467 g/mol. The molecule has 178 valence electrons. The van der Waals surface area contributed by atoms with Crippen LogP contribution in [0.3, 0.4) is 0 Å². The van der Waals surface area contributed by atoms with Gasteiger partial charge in [-0.3, -0.25) is 19.1 Å². The minimum absolute atomic E-state index is 0.0956. The van der Waals surface area contributed by atoms with E-state index in [0.29, 0.717) is 0 Å². The van der Waals surface area contributed by atoms with Crippen molar-refractivity contribution >= 4 is 17.1 Å². The van der Waals surface area contributed by atoms with Gasteiger partial charge in [-0.2, -0.15) is 4.98 Å². The van der Waals surface area contributed by atoms with Gasteiger partial charge in [-0.15, -0.1) is 0 Å². The number of aromatic hydroxyl groups is 1. The average Bonchev–Trinajstić information content (AvgIpc) is 3.32. The zero-order valence-corrected chi connectivity index (χ0v) is 16.8. The van der Waals surface area contributed by atoms with Crippen LogP contribution in [0.1, 0.15) is 11.8 Å². The first-order chi connectivity index (χ1) is 15.7. The lowest BCUT2D eigenvalue weighted by atomic mass is 10.1. The molecule has 16 nitrogen and oxygen atoms in total. The summed E-state index contributed by atoms with van der Waals surface area (Å²) in [5, 5.41) is 49.0. The van der Waals surface area contributed by atoms with E-state index in [1.165, 1.54) is 17.1 Å². The van der Waals surface area contributed by atoms with Gasteiger partial charge in [0.05, 0.1) is 19.5 Å². The Morgan fingerprint density at radius 2 is 1.97 bits per heavy atom. The predicted molar refractivity (Wildman–Crippen MR) is 107 cm³/mol. The number of hydrogen-bond donors (Lipinski definition) is 8. The van der Waals surface area contributed by atoms with E-state index >= 15 is 0 Å². The second-order valence-corrected chi connectivity index (χ2v) is 6.84. The number of hydrogen-bond acceptors (Lipinski definition) is 12. The number of ether oxygens (including phenoxy) is 1. The third kappa shape index (κ3) is 5.38. The predicted octanol–water partition coefficient (Wildman–Crippen LogP) is -3.62. The summed E-state index contributed by atoms with van der Waals surface area (Å²) in [6.07, 6.45) is -0.541. The molecule has 1 aliphatic heterocycles. The molecule has 3 aromatic heterocycles. The van der Waals surface area contributed by atoms with Crippen molar-refractivity contribution in [1.29, 1.82) is 0 Å². The topological polar surface area (TPSA) is 249 Å². The first kappa shape index (κ1) is 24.0. The van der Waals surface area contributed by atoms with Crippen LogP contribution >= 0.6 is 0 Å². The van der Waals surface area contributed by atoms with Gasteiger partial charge in [-0.1, -0.05) is 0 Å². The van der Waals surface area contributed by atoms with Crippen molar-refractivity contribution in [2.75, 3.05) is 13.2 Å². The van der Waals surface area contributed by atoms with E-state index in [4.69, 9.17) is 14.9 Å². The van der Waals surface area contributed by atoms with Crippen molar-refractivity contribution in [3.8, 4) is 5.88 Å². The summed E-state index contributed by atoms with van der Waals surface area (Å²) >= 11 is 0. The molecule has 0 saturated carbocycles. The molecule has 16 heteroatoms. The van der Waals surface area contributed by atoms with Gasteiger partial charge in [0.25, 0.3) is 5.56 Å². The maximum atomic E-state index is 11.1. The molecular formula is C17H21N7O9. The zero-order chi connectivity index (χ0) is 24.1. The molecule has 1 aliphatic rings. The van der Waals surface area contributed by atoms with Gasteiger partial charge in [-0.25, -0.2) is 14.8 Å². The van der Waals surface area contributed by atoms with Gasteiger partial charge in [0.2, 0.25) is 5.88 Å². The van der Waals surface area contributed by atoms with Crippen LogP contribution in [0.25, 0.3) is 11.2 Å². The summed E-state index contributed by atoms with van der Waals surface area (Å²) in [4.78, 5) is 47.5. The third-order valence-electron chi connectivity index (χ3n) is 4.62. The number of aliphatic hydroxyl groups excluding tert-OH is 3. The van der Waals surface area contributed by atoms with Crippen LogP contribution in [0, 0.1) is 0 Å². The highest BCUT2D eigenvalue weighted by Crippen LogP contribution is 2.32. The van der Waals surface area contributed by atoms with Gasteiger partial charge < -0.3 is 40.6 Å². The lowest BCUT2D eigenvalue weighted by Gasteiger charge is -2.16. The van der Waals surface area contributed by atoms with Gasteiger partial charge in [0, 0.05) is 18.3 Å². The minimum Gasteiger partial charge on any atom is -0.492 e. The fraction of sp³-hybridized carbons (Fsp3) is 0.412. The van der Waals surface area contributed by atoms with Crippen molar-refractivity contribution in [1.82, 2.24) is 34.8 Å². The summed E-state index contributed by atoms with van der Waals surface area (Å²) < 4.78 is 6.73. The number of carbonyl (C=O) groups is 1. The molecule has 0 bridgehead atoms. The smallest absolute Gasteiger partial charge is 0.325 e. The molecule has 0 aromatic carbocycles. The van der Waals surface area contributed by atoms with E-state index in [9.17, 15) is 29.7 Å². The molecule has 33 heavy (non-hydrogen) atoms. The molecular weight excluding hydrogens is 446 g/mol. The Labute approximate surface area is 183 Å². The lowest BCUT2D eigenvalue weighted by Crippen LogP contribution is -2.33. The number of imidazole rings is 1. The van der Waals surface area contributed by atoms with Gasteiger partial charge in [0.1, 0.15) is 24.6 Å². The number of rotatable bonds is 6. The zero-order valence-electron chi connectivity index (χ0n) is 16.8. The molecule has 4 heterocycles. The van der Waals surface area contributed by atoms with Crippen molar-refractivity contribution in [2.24, 2.45) is 0 Å². The summed E-state index contributed by atoms with van der Waals surface area (Å²) in [6, 6.07) is 0. The van der Waals surface area contributed by atoms with Gasteiger partial charge >= 0.3 is 11.7 Å². The van der Waals surface area contributed by atoms with Crippen LogP contribution in [0.4, 0.5) is 0 Å². The Bertz CT molecular complexity index is 1220. The first-order valence-corrected chi connectivity index (χ1v) is 9.45. The van der Waals surface area contributed by atoms with Gasteiger partial charge in [0.15, 0.2) is 17.4 Å². The van der Waals surface area contributed by atoms with E-state index in [1.54, 1.807) is 0 Å². The maximum Gasteiger partial charge on any atom is 0.325 e. The monoisotopic (exact) mass is 467 g/mol. The normalized spacial score (nSPS) is 22.2. The summed E-state index contributed by atoms with van der Waals surface area (Å²) in [7, 11) is 0. The van der Waals surface area contributed by atoms with E-state index < -0.39 is 48.4 Å². The molecule has 0 unspecified atom stereocenters. The number of aromatic amines is 2. The second kappa shape index (κ2) is 10.3. The standard InChI is InChI=1S/C10H12N4O5.C7H9N3O4/c15-1-4-6(16)7(17)10(19-4)14-3-13-5-8(14)11-2-12-9(5)18;11-5(12)3-8-1-4-2-9-7(14)10-6(4)13/h2-4,6-7,10,15-17H,1H2,(H,11,12,18);2,8H,1,3H2,(H,11,12)(H2,9,10,13,14)/t4-,6-,7-,10-;/m1./s1. The van der Waals surface area contributed by atoms with Crippen molar-refractivity contribution in [2.45, 2.75) is 31.1 Å². The number of aromatic nitrogens is 6. The van der Waals surface area contributed by atoms with Crippen LogP contribution in [-0.4, -0.2) is 92.5 Å². The fourth-order valence-electron chi connectivity index (χ4n) is 3.01. The summed E-state index contributed by atoms with van der Waals surface area (Å²) in [6.45, 7) is -0.557. The largest absolute Gasteiger partial charge is 0.492 e. The summed E-state index contributed by atoms with van der Waals surface area (Å²) in [5.41, 5.74) is -0.392. The Kier molecular flexibility index (Phi) is 7.46. The van der Waals surface area contributed by atoms with Crippen LogP contribution < -0.4 is 16.6 Å². The number of carboxylic acids is 1. The Balaban J connectivity index is 0.000000196. The first-order valence-electron chi connectivity index (χ1n) is 9.45. The number of aliphatic carboxylic acids is 1. The number of fused-ring (bicyclic) bond motifs is 1. The molecule has 1 saturated heterocycles. The van der Waals surface area contributed by atoms with E-state index in [-0.39, 0.29) is 35.7 Å². The number of nitrogens with zero attached hydrogens (tertiary/aromatic N) is 4. The lowest BCUT2D eigenvalue weighted by molar-refractivity contribution is -0.136. The van der Waals surface area contributed by atoms with E-state index in [2.05, 4.69) is 25.3 Å². The Hall–Kier alpha value is -3.70. The van der Waals surface area contributed by atoms with Gasteiger partial charge in [-0.05, 0) is 0 Å². The molecule has 0 aliphatic carbocycles. The minimum atomic E-state index is -1.23. The molecule has 0 amide bonds. The van der Waals surface area contributed by atoms with Crippen LogP contribution in [0.2, 0.25) is 0 Å². The number of carboxylic acid groups (broad SMARTS) is 1. The maximum absolute atomic E-state index is 11.1. The summed E-state index contributed by atoms with van der Waals surface area (Å²) in [5.74, 6) is -1.29. The molecule has 3 aromatic rings. The van der Waals surface area contributed by atoms with Crippen molar-refractivity contribution < 1.29 is 35.1 Å². The van der Waals surface area contributed by atoms with Crippen molar-refractivity contribution in [3.63, 3.8) is 0 Å². The molecule has 1 fully saturated rings. The van der Waals surface area contributed by atoms with Crippen LogP contribution in [0.5, 0.6) is 5.88 Å². The molecule has 4 atom stereocenters. The Morgan fingerprint density at radius 1 is 1.21 bits per heavy atom. The highest BCUT2D eigenvalue weighted by atomic mass is 16.6. The molecule has 0 radical (unpaired) electrons. The third-order valence-corrected chi connectivity index (χ3v) is 4.62. The fourth-order valence-corrected chi connectivity index (χ4v) is 3.01. The molecule has 0 spiro atoms. The Morgan fingerprint density at radius 3 is 2.61 bits per heavy atom. The van der Waals surface area contributed by atoms with Crippen LogP contribution in [-0.2, 0) is 16.1 Å². The van der Waals surface area contributed by atoms with E-state index in [0.717, 1.165) is 6.33 Å². The second-order valence-electron chi connectivity index (χ2n) is 6.84. The SMILES string of the molecule is O=C(O)CNCc1c[nH]c(=O)[nH]c1=O.OC[C@H]1O[C@@H](n2cnc3c(O)ncnc32)[C@H](O)[C@@H]1O. The van der Waals surface area contributed by atoms with Crippen molar-refractivity contribution in [3.05, 3.63) is 45.3 Å². The highest BCUT2D eigenvalue weighted by Gasteiger charge is 2.44. The quantitative estimate of drug-likeness (QED) is 0.175.